The zero-order valence-corrected chi connectivity index (χ0v) is 13.2. The summed E-state index contributed by atoms with van der Waals surface area (Å²) in [4.78, 5) is 5.69. The minimum Gasteiger partial charge on any atom is -0.339 e. The fraction of sp³-hybridized carbons (Fsp3) is 0.467. The molecule has 21 heavy (non-hydrogen) atoms. The molecule has 2 N–H and O–H groups in total. The third-order valence-electron chi connectivity index (χ3n) is 3.94. The summed E-state index contributed by atoms with van der Waals surface area (Å²) in [5.74, 6) is 3.03. The van der Waals surface area contributed by atoms with Gasteiger partial charge in [0.25, 0.3) is 0 Å². The van der Waals surface area contributed by atoms with Crippen LogP contribution in [0.5, 0.6) is 0 Å². The van der Waals surface area contributed by atoms with Crippen molar-refractivity contribution in [3.8, 4) is 0 Å². The molecule has 1 heterocycles. The van der Waals surface area contributed by atoms with Gasteiger partial charge in [0.1, 0.15) is 0 Å². The topological polar surface area (TPSA) is 64.9 Å². The van der Waals surface area contributed by atoms with E-state index in [0.29, 0.717) is 24.1 Å². The van der Waals surface area contributed by atoms with Crippen molar-refractivity contribution in [3.63, 3.8) is 0 Å². The molecule has 1 aliphatic rings. The van der Waals surface area contributed by atoms with Crippen LogP contribution in [-0.4, -0.2) is 16.7 Å². The van der Waals surface area contributed by atoms with Crippen molar-refractivity contribution in [3.05, 3.63) is 41.0 Å². The Balaban J connectivity index is 1.61. The van der Waals surface area contributed by atoms with Gasteiger partial charge in [-0.15, -0.1) is 11.8 Å². The molecule has 1 aromatic carbocycles. The number of aromatic nitrogens is 2. The van der Waals surface area contributed by atoms with Gasteiger partial charge in [0.2, 0.25) is 5.89 Å². The first kappa shape index (κ1) is 14.9. The molecule has 3 rings (SSSR count). The van der Waals surface area contributed by atoms with Crippen LogP contribution in [0.3, 0.4) is 0 Å². The van der Waals surface area contributed by atoms with E-state index in [1.807, 2.05) is 24.3 Å². The van der Waals surface area contributed by atoms with Crippen LogP contribution in [0.25, 0.3) is 0 Å². The molecule has 2 unspecified atom stereocenters. The van der Waals surface area contributed by atoms with E-state index in [0.717, 1.165) is 28.1 Å². The molecule has 112 valence electrons. The van der Waals surface area contributed by atoms with Crippen LogP contribution >= 0.6 is 23.4 Å². The number of rotatable bonds is 5. The van der Waals surface area contributed by atoms with E-state index >= 15 is 0 Å². The average Bonchev–Trinajstić information content (AvgIpc) is 3.15. The van der Waals surface area contributed by atoms with Gasteiger partial charge in [-0.05, 0) is 49.6 Å². The van der Waals surface area contributed by atoms with E-state index in [2.05, 4.69) is 10.1 Å². The predicted molar refractivity (Wildman–Crippen MR) is 84.4 cm³/mol. The Kier molecular flexibility index (Phi) is 4.83. The smallest absolute Gasteiger partial charge is 0.230 e. The molecule has 1 fully saturated rings. The van der Waals surface area contributed by atoms with E-state index in [4.69, 9.17) is 21.9 Å². The summed E-state index contributed by atoms with van der Waals surface area (Å²) < 4.78 is 5.44. The molecule has 0 saturated heterocycles. The van der Waals surface area contributed by atoms with Crippen molar-refractivity contribution in [2.75, 3.05) is 6.54 Å². The van der Waals surface area contributed by atoms with Crippen molar-refractivity contribution in [2.24, 2.45) is 11.7 Å². The lowest BCUT2D eigenvalue weighted by molar-refractivity contribution is 0.324. The zero-order valence-electron chi connectivity index (χ0n) is 11.7. The summed E-state index contributed by atoms with van der Waals surface area (Å²) in [7, 11) is 0. The Hall–Kier alpha value is -1.04. The van der Waals surface area contributed by atoms with E-state index < -0.39 is 0 Å². The normalized spacial score (nSPS) is 21.8. The lowest BCUT2D eigenvalue weighted by Gasteiger charge is -2.12. The van der Waals surface area contributed by atoms with Crippen LogP contribution in [-0.2, 0) is 5.75 Å². The quantitative estimate of drug-likeness (QED) is 0.846. The standard InChI is InChI=1S/C15H18ClN3OS/c16-11-4-6-12(7-5-11)21-9-14-18-15(20-19-14)13-3-1-2-10(13)8-17/h4-7,10,13H,1-3,8-9,17H2. The number of benzene rings is 1. The molecule has 6 heteroatoms. The molecular weight excluding hydrogens is 306 g/mol. The summed E-state index contributed by atoms with van der Waals surface area (Å²) in [5, 5.41) is 4.83. The van der Waals surface area contributed by atoms with Crippen molar-refractivity contribution >= 4 is 23.4 Å². The maximum absolute atomic E-state index is 5.87. The van der Waals surface area contributed by atoms with E-state index in [1.165, 1.54) is 12.8 Å². The molecule has 1 aromatic heterocycles. The molecule has 0 bridgehead atoms. The minimum atomic E-state index is 0.344. The summed E-state index contributed by atoms with van der Waals surface area (Å²) in [5.41, 5.74) is 5.81. The van der Waals surface area contributed by atoms with Crippen LogP contribution in [0.1, 0.15) is 36.9 Å². The van der Waals surface area contributed by atoms with Gasteiger partial charge >= 0.3 is 0 Å². The first-order valence-electron chi connectivity index (χ1n) is 7.17. The number of thioether (sulfide) groups is 1. The summed E-state index contributed by atoms with van der Waals surface area (Å²) in [6, 6.07) is 7.76. The van der Waals surface area contributed by atoms with Gasteiger partial charge in [-0.2, -0.15) is 4.98 Å². The first-order chi connectivity index (χ1) is 10.3. The summed E-state index contributed by atoms with van der Waals surface area (Å²) >= 11 is 7.55. The number of hydrogen-bond acceptors (Lipinski definition) is 5. The average molecular weight is 324 g/mol. The van der Waals surface area contributed by atoms with Crippen LogP contribution in [0, 0.1) is 5.92 Å². The Labute approximate surface area is 133 Å². The largest absolute Gasteiger partial charge is 0.339 e. The summed E-state index contributed by atoms with van der Waals surface area (Å²) in [6.45, 7) is 0.696. The molecule has 0 radical (unpaired) electrons. The van der Waals surface area contributed by atoms with Crippen LogP contribution < -0.4 is 5.73 Å². The molecule has 1 aliphatic carbocycles. The van der Waals surface area contributed by atoms with Crippen LogP contribution in [0.15, 0.2) is 33.7 Å². The molecule has 0 aliphatic heterocycles. The van der Waals surface area contributed by atoms with Gasteiger partial charge in [-0.3, -0.25) is 0 Å². The first-order valence-corrected chi connectivity index (χ1v) is 8.53. The van der Waals surface area contributed by atoms with Crippen molar-refractivity contribution in [2.45, 2.75) is 35.8 Å². The van der Waals surface area contributed by atoms with Gasteiger partial charge in [0.15, 0.2) is 5.82 Å². The van der Waals surface area contributed by atoms with Crippen molar-refractivity contribution in [1.29, 1.82) is 0 Å². The second kappa shape index (κ2) is 6.81. The highest BCUT2D eigenvalue weighted by atomic mass is 35.5. The minimum absolute atomic E-state index is 0.344. The lowest BCUT2D eigenvalue weighted by Crippen LogP contribution is -2.17. The lowest BCUT2D eigenvalue weighted by atomic mass is 9.96. The number of nitrogens with zero attached hydrogens (tertiary/aromatic N) is 2. The number of halogens is 1. The Bertz CT molecular complexity index is 587. The molecule has 2 atom stereocenters. The van der Waals surface area contributed by atoms with E-state index in [-0.39, 0.29) is 0 Å². The van der Waals surface area contributed by atoms with Gasteiger partial charge in [-0.25, -0.2) is 0 Å². The fourth-order valence-electron chi connectivity index (χ4n) is 2.80. The van der Waals surface area contributed by atoms with E-state index in [9.17, 15) is 0 Å². The van der Waals surface area contributed by atoms with Crippen LogP contribution in [0.2, 0.25) is 5.02 Å². The molecule has 0 spiro atoms. The highest BCUT2D eigenvalue weighted by molar-refractivity contribution is 7.98. The monoisotopic (exact) mass is 323 g/mol. The summed E-state index contributed by atoms with van der Waals surface area (Å²) in [6.07, 6.45) is 3.47. The second-order valence-corrected chi connectivity index (χ2v) is 6.81. The Morgan fingerprint density at radius 3 is 2.86 bits per heavy atom. The van der Waals surface area contributed by atoms with E-state index in [1.54, 1.807) is 11.8 Å². The third-order valence-corrected chi connectivity index (χ3v) is 5.20. The maximum atomic E-state index is 5.87. The highest BCUT2D eigenvalue weighted by Gasteiger charge is 2.31. The zero-order chi connectivity index (χ0) is 14.7. The van der Waals surface area contributed by atoms with Gasteiger partial charge in [0.05, 0.1) is 5.75 Å². The van der Waals surface area contributed by atoms with Gasteiger partial charge in [-0.1, -0.05) is 23.2 Å². The Morgan fingerprint density at radius 2 is 2.10 bits per heavy atom. The maximum Gasteiger partial charge on any atom is 0.230 e. The highest BCUT2D eigenvalue weighted by Crippen LogP contribution is 2.38. The predicted octanol–water partition coefficient (Wildman–Crippen LogP) is 3.86. The number of nitrogens with two attached hydrogens (primary N) is 1. The van der Waals surface area contributed by atoms with Crippen LogP contribution in [0.4, 0.5) is 0 Å². The molecule has 1 saturated carbocycles. The van der Waals surface area contributed by atoms with Gasteiger partial charge < -0.3 is 10.3 Å². The second-order valence-electron chi connectivity index (χ2n) is 5.32. The SMILES string of the molecule is NCC1CCCC1c1nc(CSc2ccc(Cl)cc2)no1. The molecule has 4 nitrogen and oxygen atoms in total. The fourth-order valence-corrected chi connectivity index (χ4v) is 3.67. The van der Waals surface area contributed by atoms with Crippen molar-refractivity contribution in [1.82, 2.24) is 10.1 Å². The number of hydrogen-bond donors (Lipinski definition) is 1. The molecular formula is C15H18ClN3OS. The molecule has 2 aromatic rings. The Morgan fingerprint density at radius 1 is 1.29 bits per heavy atom. The molecule has 0 amide bonds. The van der Waals surface area contributed by atoms with Crippen molar-refractivity contribution < 1.29 is 4.52 Å². The third kappa shape index (κ3) is 3.59. The van der Waals surface area contributed by atoms with Gasteiger partial charge in [0, 0.05) is 15.8 Å².